The summed E-state index contributed by atoms with van der Waals surface area (Å²) in [6.07, 6.45) is 0.957. The Labute approximate surface area is 148 Å². The minimum atomic E-state index is -0.485. The Bertz CT molecular complexity index is 824. The zero-order chi connectivity index (χ0) is 17.5. The average Bonchev–Trinajstić information content (AvgIpc) is 2.67. The lowest BCUT2D eigenvalue weighted by molar-refractivity contribution is -0.128. The Morgan fingerprint density at radius 2 is 1.68 bits per heavy atom. The molecular formula is C22H23NO2. The van der Waals surface area contributed by atoms with Crippen LogP contribution in [0.5, 0.6) is 5.75 Å². The minimum absolute atomic E-state index is 0.0636. The highest BCUT2D eigenvalue weighted by Crippen LogP contribution is 2.26. The number of hydrogen-bond acceptors (Lipinski definition) is 2. The van der Waals surface area contributed by atoms with Crippen LogP contribution in [0, 0.1) is 0 Å². The van der Waals surface area contributed by atoms with Crippen LogP contribution in [0.1, 0.15) is 18.9 Å². The molecule has 3 aromatic rings. The zero-order valence-corrected chi connectivity index (χ0v) is 14.4. The maximum atomic E-state index is 12.5. The van der Waals surface area contributed by atoms with Crippen LogP contribution in [-0.4, -0.2) is 18.6 Å². The Hall–Kier alpha value is -2.81. The van der Waals surface area contributed by atoms with Crippen molar-refractivity contribution in [3.05, 3.63) is 78.4 Å². The number of rotatable bonds is 7. The highest BCUT2D eigenvalue weighted by molar-refractivity contribution is 5.89. The average molecular weight is 333 g/mol. The highest BCUT2D eigenvalue weighted by atomic mass is 16.5. The summed E-state index contributed by atoms with van der Waals surface area (Å²) in [5.41, 5.74) is 1.21. The molecule has 1 atom stereocenters. The van der Waals surface area contributed by atoms with Crippen molar-refractivity contribution in [1.29, 1.82) is 0 Å². The van der Waals surface area contributed by atoms with E-state index in [1.165, 1.54) is 5.56 Å². The number of carbonyl (C=O) groups excluding carboxylic acids is 1. The fourth-order valence-corrected chi connectivity index (χ4v) is 2.86. The standard InChI is InChI=1S/C22H23NO2/c1-2-20(22(24)23-16-15-17-9-4-3-5-10-17)25-21-14-8-12-18-11-6-7-13-19(18)21/h3-14,20H,2,15-16H2,1H3,(H,23,24)/t20-/m0/s1. The maximum Gasteiger partial charge on any atom is 0.261 e. The first-order valence-corrected chi connectivity index (χ1v) is 8.74. The highest BCUT2D eigenvalue weighted by Gasteiger charge is 2.18. The molecule has 3 nitrogen and oxygen atoms in total. The molecule has 0 aliphatic rings. The Morgan fingerprint density at radius 3 is 2.48 bits per heavy atom. The molecule has 1 amide bonds. The van der Waals surface area contributed by atoms with Crippen LogP contribution in [0.2, 0.25) is 0 Å². The summed E-state index contributed by atoms with van der Waals surface area (Å²) in [5, 5.41) is 5.13. The molecule has 1 N–H and O–H groups in total. The van der Waals surface area contributed by atoms with Crippen LogP contribution in [0.3, 0.4) is 0 Å². The first-order chi connectivity index (χ1) is 12.3. The third-order valence-corrected chi connectivity index (χ3v) is 4.24. The van der Waals surface area contributed by atoms with Gasteiger partial charge in [0.25, 0.3) is 5.91 Å². The van der Waals surface area contributed by atoms with Crippen molar-refractivity contribution in [2.45, 2.75) is 25.9 Å². The normalized spacial score (nSPS) is 11.9. The molecule has 0 fully saturated rings. The topological polar surface area (TPSA) is 38.3 Å². The van der Waals surface area contributed by atoms with Gasteiger partial charge in [-0.3, -0.25) is 4.79 Å². The van der Waals surface area contributed by atoms with E-state index in [2.05, 4.69) is 17.4 Å². The second-order valence-electron chi connectivity index (χ2n) is 6.02. The molecule has 3 aromatic carbocycles. The van der Waals surface area contributed by atoms with Gasteiger partial charge in [0.2, 0.25) is 0 Å². The van der Waals surface area contributed by atoms with E-state index >= 15 is 0 Å². The van der Waals surface area contributed by atoms with Crippen molar-refractivity contribution in [2.75, 3.05) is 6.54 Å². The largest absolute Gasteiger partial charge is 0.480 e. The number of carbonyl (C=O) groups is 1. The fraction of sp³-hybridized carbons (Fsp3) is 0.227. The molecule has 0 heterocycles. The number of nitrogens with one attached hydrogen (secondary N) is 1. The third-order valence-electron chi connectivity index (χ3n) is 4.24. The van der Waals surface area contributed by atoms with Crippen LogP contribution in [-0.2, 0) is 11.2 Å². The van der Waals surface area contributed by atoms with Gasteiger partial charge in [-0.25, -0.2) is 0 Å². The van der Waals surface area contributed by atoms with Crippen LogP contribution < -0.4 is 10.1 Å². The molecule has 0 aliphatic carbocycles. The van der Waals surface area contributed by atoms with Crippen molar-refractivity contribution in [3.8, 4) is 5.75 Å². The van der Waals surface area contributed by atoms with Crippen molar-refractivity contribution in [1.82, 2.24) is 5.32 Å². The molecule has 0 radical (unpaired) electrons. The van der Waals surface area contributed by atoms with E-state index in [1.807, 2.05) is 67.6 Å². The van der Waals surface area contributed by atoms with Gasteiger partial charge in [-0.1, -0.05) is 73.7 Å². The van der Waals surface area contributed by atoms with E-state index in [-0.39, 0.29) is 5.91 Å². The molecular weight excluding hydrogens is 310 g/mol. The van der Waals surface area contributed by atoms with Crippen LogP contribution >= 0.6 is 0 Å². The summed E-state index contributed by atoms with van der Waals surface area (Å²) in [6, 6.07) is 24.1. The number of amides is 1. The predicted molar refractivity (Wildman–Crippen MR) is 102 cm³/mol. The Morgan fingerprint density at radius 1 is 0.960 bits per heavy atom. The monoisotopic (exact) mass is 333 g/mol. The van der Waals surface area contributed by atoms with Crippen molar-refractivity contribution in [3.63, 3.8) is 0 Å². The molecule has 0 spiro atoms. The molecule has 0 aliphatic heterocycles. The SMILES string of the molecule is CC[C@H](Oc1cccc2ccccc12)C(=O)NCCc1ccccc1. The summed E-state index contributed by atoms with van der Waals surface area (Å²) in [7, 11) is 0. The van der Waals surface area contributed by atoms with E-state index in [4.69, 9.17) is 4.74 Å². The second-order valence-corrected chi connectivity index (χ2v) is 6.02. The lowest BCUT2D eigenvalue weighted by Gasteiger charge is -2.18. The number of hydrogen-bond donors (Lipinski definition) is 1. The van der Waals surface area contributed by atoms with Gasteiger partial charge in [-0.05, 0) is 29.9 Å². The summed E-state index contributed by atoms with van der Waals surface area (Å²) >= 11 is 0. The van der Waals surface area contributed by atoms with Crippen LogP contribution in [0.4, 0.5) is 0 Å². The molecule has 128 valence electrons. The lowest BCUT2D eigenvalue weighted by Crippen LogP contribution is -2.38. The van der Waals surface area contributed by atoms with E-state index in [0.29, 0.717) is 13.0 Å². The molecule has 25 heavy (non-hydrogen) atoms. The smallest absolute Gasteiger partial charge is 0.261 e. The first kappa shape index (κ1) is 17.0. The first-order valence-electron chi connectivity index (χ1n) is 8.74. The molecule has 0 unspecified atom stereocenters. The van der Waals surface area contributed by atoms with Gasteiger partial charge in [-0.2, -0.15) is 0 Å². The second kappa shape index (κ2) is 8.34. The molecule has 3 heteroatoms. The summed E-state index contributed by atoms with van der Waals surface area (Å²) in [5.74, 6) is 0.689. The van der Waals surface area contributed by atoms with Gasteiger partial charge in [0.15, 0.2) is 6.10 Å². The van der Waals surface area contributed by atoms with Gasteiger partial charge < -0.3 is 10.1 Å². The summed E-state index contributed by atoms with van der Waals surface area (Å²) < 4.78 is 6.03. The Balaban J connectivity index is 1.62. The molecule has 0 bridgehead atoms. The lowest BCUT2D eigenvalue weighted by atomic mass is 10.1. The zero-order valence-electron chi connectivity index (χ0n) is 14.4. The van der Waals surface area contributed by atoms with Crippen LogP contribution in [0.25, 0.3) is 10.8 Å². The van der Waals surface area contributed by atoms with E-state index in [9.17, 15) is 4.79 Å². The molecule has 3 rings (SSSR count). The Kier molecular flexibility index (Phi) is 5.68. The number of benzene rings is 3. The fourth-order valence-electron chi connectivity index (χ4n) is 2.86. The predicted octanol–water partition coefficient (Wildman–Crippen LogP) is 4.36. The van der Waals surface area contributed by atoms with E-state index < -0.39 is 6.10 Å². The number of ether oxygens (including phenoxy) is 1. The summed E-state index contributed by atoms with van der Waals surface area (Å²) in [6.45, 7) is 2.57. The quantitative estimate of drug-likeness (QED) is 0.698. The minimum Gasteiger partial charge on any atom is -0.480 e. The van der Waals surface area contributed by atoms with Crippen molar-refractivity contribution < 1.29 is 9.53 Å². The van der Waals surface area contributed by atoms with Gasteiger partial charge in [0, 0.05) is 11.9 Å². The molecule has 0 saturated carbocycles. The van der Waals surface area contributed by atoms with Gasteiger partial charge in [0.05, 0.1) is 0 Å². The van der Waals surface area contributed by atoms with Gasteiger partial charge >= 0.3 is 0 Å². The third kappa shape index (κ3) is 4.38. The van der Waals surface area contributed by atoms with E-state index in [1.54, 1.807) is 0 Å². The molecule has 0 aromatic heterocycles. The van der Waals surface area contributed by atoms with Gasteiger partial charge in [-0.15, -0.1) is 0 Å². The maximum absolute atomic E-state index is 12.5. The molecule has 0 saturated heterocycles. The summed E-state index contributed by atoms with van der Waals surface area (Å²) in [4.78, 5) is 12.5. The van der Waals surface area contributed by atoms with Gasteiger partial charge in [0.1, 0.15) is 5.75 Å². The van der Waals surface area contributed by atoms with E-state index in [0.717, 1.165) is 22.9 Å². The van der Waals surface area contributed by atoms with Crippen molar-refractivity contribution >= 4 is 16.7 Å². The van der Waals surface area contributed by atoms with Crippen LogP contribution in [0.15, 0.2) is 72.8 Å². The number of fused-ring (bicyclic) bond motifs is 1. The van der Waals surface area contributed by atoms with Crippen molar-refractivity contribution in [2.24, 2.45) is 0 Å².